The van der Waals surface area contributed by atoms with Crippen LogP contribution in [0.5, 0.6) is 0 Å². The van der Waals surface area contributed by atoms with E-state index in [0.29, 0.717) is 0 Å². The van der Waals surface area contributed by atoms with E-state index in [-0.39, 0.29) is 16.2 Å². The molecule has 0 aromatic heterocycles. The Kier molecular flexibility index (Phi) is 5.55. The maximum Gasteiger partial charge on any atom is 0.0348 e. The lowest BCUT2D eigenvalue weighted by Gasteiger charge is -2.27. The van der Waals surface area contributed by atoms with Crippen molar-refractivity contribution in [2.45, 2.75) is 63.6 Å². The largest absolute Gasteiger partial charge is 0.123 e. The van der Waals surface area contributed by atoms with Gasteiger partial charge in [-0.25, -0.2) is 0 Å². The summed E-state index contributed by atoms with van der Waals surface area (Å²) in [5.41, 5.74) is 4.27. The second-order valence-electron chi connectivity index (χ2n) is 6.17. The first-order valence-corrected chi connectivity index (χ1v) is 7.48. The second kappa shape index (κ2) is 6.30. The molecular formula is C16H24Cl2. The van der Waals surface area contributed by atoms with Crippen LogP contribution in [0, 0.1) is 0 Å². The summed E-state index contributed by atoms with van der Waals surface area (Å²) in [6, 6.07) is 6.52. The van der Waals surface area contributed by atoms with E-state index in [1.165, 1.54) is 16.7 Å². The smallest absolute Gasteiger partial charge is 0.0348 e. The first-order chi connectivity index (χ1) is 8.21. The number of hydrogen-bond acceptors (Lipinski definition) is 0. The van der Waals surface area contributed by atoms with E-state index in [9.17, 15) is 0 Å². The summed E-state index contributed by atoms with van der Waals surface area (Å²) in [5, 5.41) is 0.324. The van der Waals surface area contributed by atoms with Gasteiger partial charge in [0.05, 0.1) is 0 Å². The summed E-state index contributed by atoms with van der Waals surface area (Å²) in [7, 11) is 0. The number of rotatable bonds is 4. The van der Waals surface area contributed by atoms with Crippen molar-refractivity contribution < 1.29 is 0 Å². The summed E-state index contributed by atoms with van der Waals surface area (Å²) in [6.07, 6.45) is 1.83. The van der Waals surface area contributed by atoms with Gasteiger partial charge in [-0.05, 0) is 48.8 Å². The highest BCUT2D eigenvalue weighted by molar-refractivity contribution is 6.20. The lowest BCUT2D eigenvalue weighted by Crippen LogP contribution is -2.19. The zero-order chi connectivity index (χ0) is 13.9. The normalized spacial score (nSPS) is 15.5. The van der Waals surface area contributed by atoms with Gasteiger partial charge in [0.25, 0.3) is 0 Å². The van der Waals surface area contributed by atoms with Gasteiger partial charge in [-0.3, -0.25) is 0 Å². The van der Waals surface area contributed by atoms with E-state index in [0.717, 1.165) is 12.8 Å². The number of alkyl halides is 2. The van der Waals surface area contributed by atoms with Crippen LogP contribution in [-0.2, 0) is 18.3 Å². The van der Waals surface area contributed by atoms with Gasteiger partial charge in [-0.2, -0.15) is 0 Å². The molecule has 1 aromatic rings. The molecule has 0 nitrogen and oxygen atoms in total. The monoisotopic (exact) mass is 286 g/mol. The van der Waals surface area contributed by atoms with Crippen LogP contribution in [0.25, 0.3) is 0 Å². The molecule has 0 aliphatic carbocycles. The topological polar surface area (TPSA) is 0 Å². The molecule has 1 rings (SSSR count). The van der Waals surface area contributed by atoms with Crippen molar-refractivity contribution in [1.29, 1.82) is 0 Å². The predicted octanol–water partition coefficient (Wildman–Crippen LogP) is 5.32. The van der Waals surface area contributed by atoms with Crippen LogP contribution >= 0.6 is 23.2 Å². The van der Waals surface area contributed by atoms with Crippen LogP contribution in [0.3, 0.4) is 0 Å². The maximum absolute atomic E-state index is 6.17. The third-order valence-electron chi connectivity index (χ3n) is 2.99. The van der Waals surface area contributed by atoms with Crippen LogP contribution in [0.2, 0.25) is 0 Å². The Balaban J connectivity index is 3.26. The van der Waals surface area contributed by atoms with Crippen LogP contribution in [-0.4, -0.2) is 10.8 Å². The van der Waals surface area contributed by atoms with Gasteiger partial charge in [0.1, 0.15) is 0 Å². The van der Waals surface area contributed by atoms with Crippen LogP contribution in [0.15, 0.2) is 18.2 Å². The number of hydrogen-bond donors (Lipinski definition) is 0. The fourth-order valence-corrected chi connectivity index (χ4v) is 2.90. The Hall–Kier alpha value is -0.200. The van der Waals surface area contributed by atoms with E-state index in [1.54, 1.807) is 0 Å². The standard InChI is InChI=1S/C16H24Cl2/c1-11(17)9-13-7-6-8-14(10-12(2)18)15(13)16(3,4)5/h6-8,11-12H,9-10H2,1-5H3. The molecule has 0 amide bonds. The van der Waals surface area contributed by atoms with Crippen molar-refractivity contribution in [2.75, 3.05) is 0 Å². The van der Waals surface area contributed by atoms with Crippen molar-refractivity contribution in [2.24, 2.45) is 0 Å². The number of benzene rings is 1. The molecule has 2 heteroatoms. The van der Waals surface area contributed by atoms with Gasteiger partial charge in [0, 0.05) is 10.8 Å². The van der Waals surface area contributed by atoms with Crippen molar-refractivity contribution in [3.63, 3.8) is 0 Å². The molecule has 0 saturated heterocycles. The van der Waals surface area contributed by atoms with E-state index >= 15 is 0 Å². The van der Waals surface area contributed by atoms with E-state index < -0.39 is 0 Å². The van der Waals surface area contributed by atoms with Gasteiger partial charge in [0.15, 0.2) is 0 Å². The molecule has 2 unspecified atom stereocenters. The van der Waals surface area contributed by atoms with Gasteiger partial charge in [0.2, 0.25) is 0 Å². The fraction of sp³-hybridized carbons (Fsp3) is 0.625. The zero-order valence-corrected chi connectivity index (χ0v) is 13.6. The van der Waals surface area contributed by atoms with Gasteiger partial charge in [-0.15, -0.1) is 23.2 Å². The van der Waals surface area contributed by atoms with Crippen LogP contribution < -0.4 is 0 Å². The van der Waals surface area contributed by atoms with Crippen LogP contribution in [0.4, 0.5) is 0 Å². The quantitative estimate of drug-likeness (QED) is 0.657. The van der Waals surface area contributed by atoms with Crippen molar-refractivity contribution in [3.05, 3.63) is 34.9 Å². The highest BCUT2D eigenvalue weighted by Gasteiger charge is 2.22. The Morgan fingerprint density at radius 1 is 0.944 bits per heavy atom. The molecular weight excluding hydrogens is 263 g/mol. The lowest BCUT2D eigenvalue weighted by molar-refractivity contribution is 0.573. The molecule has 1 aromatic carbocycles. The third-order valence-corrected chi connectivity index (χ3v) is 3.30. The third kappa shape index (κ3) is 4.48. The lowest BCUT2D eigenvalue weighted by atomic mass is 9.78. The molecule has 0 radical (unpaired) electrons. The summed E-state index contributed by atoms with van der Waals surface area (Å²) < 4.78 is 0. The van der Waals surface area contributed by atoms with Gasteiger partial charge in [-0.1, -0.05) is 39.0 Å². The molecule has 0 N–H and O–H groups in total. The highest BCUT2D eigenvalue weighted by Crippen LogP contribution is 2.32. The van der Waals surface area contributed by atoms with E-state index in [4.69, 9.17) is 23.2 Å². The van der Waals surface area contributed by atoms with E-state index in [2.05, 4.69) is 39.0 Å². The second-order valence-corrected chi connectivity index (χ2v) is 7.66. The van der Waals surface area contributed by atoms with Gasteiger partial charge < -0.3 is 0 Å². The average Bonchev–Trinajstić information content (AvgIpc) is 2.13. The van der Waals surface area contributed by atoms with Crippen LogP contribution in [0.1, 0.15) is 51.3 Å². The first kappa shape index (κ1) is 15.9. The van der Waals surface area contributed by atoms with Crippen molar-refractivity contribution in [3.8, 4) is 0 Å². The van der Waals surface area contributed by atoms with E-state index in [1.807, 2.05) is 13.8 Å². The SMILES string of the molecule is CC(Cl)Cc1cccc(CC(C)Cl)c1C(C)(C)C. The Morgan fingerprint density at radius 3 is 1.61 bits per heavy atom. The summed E-state index contributed by atoms with van der Waals surface area (Å²) in [4.78, 5) is 0. The molecule has 18 heavy (non-hydrogen) atoms. The minimum atomic E-state index is 0.128. The summed E-state index contributed by atoms with van der Waals surface area (Å²) in [6.45, 7) is 10.9. The molecule has 0 saturated carbocycles. The molecule has 0 spiro atoms. The highest BCUT2D eigenvalue weighted by atomic mass is 35.5. The zero-order valence-electron chi connectivity index (χ0n) is 12.1. The summed E-state index contributed by atoms with van der Waals surface area (Å²) >= 11 is 12.3. The minimum absolute atomic E-state index is 0.128. The Morgan fingerprint density at radius 2 is 1.33 bits per heavy atom. The maximum atomic E-state index is 6.17. The van der Waals surface area contributed by atoms with Gasteiger partial charge >= 0.3 is 0 Å². The molecule has 0 bridgehead atoms. The molecule has 0 fully saturated rings. The average molecular weight is 287 g/mol. The molecule has 0 aliphatic rings. The molecule has 0 heterocycles. The Bertz CT molecular complexity index is 358. The molecule has 0 aliphatic heterocycles. The fourth-order valence-electron chi connectivity index (χ4n) is 2.56. The summed E-state index contributed by atoms with van der Waals surface area (Å²) in [5.74, 6) is 0. The molecule has 102 valence electrons. The van der Waals surface area contributed by atoms with Crippen molar-refractivity contribution in [1.82, 2.24) is 0 Å². The van der Waals surface area contributed by atoms with Crippen molar-refractivity contribution >= 4 is 23.2 Å². The number of halogens is 2. The minimum Gasteiger partial charge on any atom is -0.123 e. The first-order valence-electron chi connectivity index (χ1n) is 6.61. The molecule has 2 atom stereocenters. The Labute approximate surface area is 122 Å². The predicted molar refractivity (Wildman–Crippen MR) is 83.2 cm³/mol.